The molecule has 0 atom stereocenters. The summed E-state index contributed by atoms with van der Waals surface area (Å²) in [5.74, 6) is 0.919. The van der Waals surface area contributed by atoms with Crippen LogP contribution in [0, 0.1) is 0 Å². The van der Waals surface area contributed by atoms with Crippen molar-refractivity contribution in [2.75, 3.05) is 10.6 Å². The number of benzene rings is 5. The molecule has 7 heteroatoms. The third-order valence-electron chi connectivity index (χ3n) is 9.81. The number of anilines is 4. The first-order valence-electron chi connectivity index (χ1n) is 16.1. The van der Waals surface area contributed by atoms with Crippen LogP contribution in [0.5, 0.6) is 0 Å². The third-order valence-corrected chi connectivity index (χ3v) is 10.9. The van der Waals surface area contributed by atoms with Gasteiger partial charge in [-0.1, -0.05) is 63.2 Å². The van der Waals surface area contributed by atoms with Crippen LogP contribution >= 0.6 is 11.3 Å². The fourth-order valence-corrected chi connectivity index (χ4v) is 8.49. The molecule has 8 aromatic rings. The Morgan fingerprint density at radius 1 is 0.681 bits per heavy atom. The van der Waals surface area contributed by atoms with Gasteiger partial charge in [-0.05, 0) is 94.1 Å². The molecule has 0 bridgehead atoms. The summed E-state index contributed by atoms with van der Waals surface area (Å²) in [4.78, 5) is 9.82. The summed E-state index contributed by atoms with van der Waals surface area (Å²) < 4.78 is 3.52. The summed E-state index contributed by atoms with van der Waals surface area (Å²) >= 11 is 1.75. The van der Waals surface area contributed by atoms with Gasteiger partial charge in [0.05, 0.1) is 21.3 Å². The predicted molar refractivity (Wildman–Crippen MR) is 200 cm³/mol. The van der Waals surface area contributed by atoms with Gasteiger partial charge in [0.1, 0.15) is 10.8 Å². The molecular formula is C40H30BN5S. The number of hydrogen-bond donors (Lipinski definition) is 2. The molecular weight excluding hydrogens is 593 g/mol. The first-order valence-corrected chi connectivity index (χ1v) is 16.9. The van der Waals surface area contributed by atoms with Crippen LogP contribution in [0.2, 0.25) is 0 Å². The highest BCUT2D eigenvalue weighted by molar-refractivity contribution is 7.21. The Balaban J connectivity index is 1.26. The highest BCUT2D eigenvalue weighted by atomic mass is 32.1. The van der Waals surface area contributed by atoms with Gasteiger partial charge in [-0.15, -0.1) is 11.3 Å². The van der Waals surface area contributed by atoms with Crippen molar-refractivity contribution in [3.05, 3.63) is 121 Å². The molecule has 0 spiro atoms. The van der Waals surface area contributed by atoms with Crippen LogP contribution in [0.3, 0.4) is 0 Å². The van der Waals surface area contributed by atoms with E-state index in [4.69, 9.17) is 9.97 Å². The smallest absolute Gasteiger partial charge is 0.252 e. The van der Waals surface area contributed by atoms with Crippen molar-refractivity contribution in [1.29, 1.82) is 0 Å². The highest BCUT2D eigenvalue weighted by Gasteiger charge is 2.39. The summed E-state index contributed by atoms with van der Waals surface area (Å²) in [5, 5.41) is 11.2. The molecule has 2 N–H and O–H groups in total. The van der Waals surface area contributed by atoms with Crippen molar-refractivity contribution in [3.63, 3.8) is 0 Å². The minimum atomic E-state index is 0.00169. The first kappa shape index (κ1) is 26.8. The highest BCUT2D eigenvalue weighted by Crippen LogP contribution is 2.39. The van der Waals surface area contributed by atoms with E-state index in [-0.39, 0.29) is 12.1 Å². The van der Waals surface area contributed by atoms with Crippen LogP contribution in [0.25, 0.3) is 48.4 Å². The quantitative estimate of drug-likeness (QED) is 0.190. The van der Waals surface area contributed by atoms with E-state index in [1.165, 1.54) is 48.8 Å². The van der Waals surface area contributed by atoms with Crippen molar-refractivity contribution >= 4 is 89.2 Å². The summed E-state index contributed by atoms with van der Waals surface area (Å²) in [6, 6.07) is 39.5. The Morgan fingerprint density at radius 3 is 2.26 bits per heavy atom. The van der Waals surface area contributed by atoms with E-state index < -0.39 is 0 Å². The molecule has 47 heavy (non-hydrogen) atoms. The number of thiazole rings is 1. The van der Waals surface area contributed by atoms with Crippen LogP contribution in [0.1, 0.15) is 26.3 Å². The molecule has 0 radical (unpaired) electrons. The Labute approximate surface area is 277 Å². The number of para-hydroxylation sites is 2. The van der Waals surface area contributed by atoms with Crippen LogP contribution < -0.4 is 27.0 Å². The molecule has 0 unspecified atom stereocenters. The molecule has 3 aromatic heterocycles. The fraction of sp³-hybridized carbons (Fsp3) is 0.100. The average Bonchev–Trinajstić information content (AvgIpc) is 3.66. The molecule has 2 aliphatic heterocycles. The van der Waals surface area contributed by atoms with Crippen LogP contribution in [0.4, 0.5) is 22.7 Å². The number of hydrogen-bond acceptors (Lipinski definition) is 5. The van der Waals surface area contributed by atoms with Crippen LogP contribution in [0.15, 0.2) is 115 Å². The average molecular weight is 624 g/mol. The lowest BCUT2D eigenvalue weighted by molar-refractivity contribution is 0.591. The van der Waals surface area contributed by atoms with Gasteiger partial charge in [-0.25, -0.2) is 9.97 Å². The molecule has 0 saturated heterocycles. The molecule has 0 amide bonds. The SMILES string of the molecule is CC(C)(C)c1cc2c3c(c1)Nc1cc4c5ccccc5n(-c5ccccn5)c4cc1B3c1cc(-c3nc4ccccc4s3)ccc1N2. The number of fused-ring (bicyclic) bond motifs is 8. The van der Waals surface area contributed by atoms with E-state index in [2.05, 4.69) is 139 Å². The van der Waals surface area contributed by atoms with Gasteiger partial charge in [-0.3, -0.25) is 4.57 Å². The Kier molecular flexibility index (Phi) is 5.45. The van der Waals surface area contributed by atoms with E-state index in [0.29, 0.717) is 0 Å². The molecule has 0 aliphatic carbocycles. The predicted octanol–water partition coefficient (Wildman–Crippen LogP) is 8.38. The zero-order chi connectivity index (χ0) is 31.4. The number of nitrogens with one attached hydrogen (secondary N) is 2. The molecule has 5 aromatic carbocycles. The largest absolute Gasteiger partial charge is 0.356 e. The number of nitrogens with zero attached hydrogens (tertiary/aromatic N) is 3. The molecule has 2 aliphatic rings. The van der Waals surface area contributed by atoms with Gasteiger partial charge in [0, 0.05) is 45.3 Å². The van der Waals surface area contributed by atoms with E-state index in [1.54, 1.807) is 11.3 Å². The maximum atomic E-state index is 5.03. The van der Waals surface area contributed by atoms with Crippen molar-refractivity contribution in [1.82, 2.24) is 14.5 Å². The molecule has 5 heterocycles. The zero-order valence-corrected chi connectivity index (χ0v) is 27.1. The molecule has 0 saturated carbocycles. The first-order chi connectivity index (χ1) is 22.9. The normalized spacial score (nSPS) is 13.3. The minimum Gasteiger partial charge on any atom is -0.356 e. The van der Waals surface area contributed by atoms with E-state index >= 15 is 0 Å². The van der Waals surface area contributed by atoms with Gasteiger partial charge in [0.2, 0.25) is 0 Å². The summed E-state index contributed by atoms with van der Waals surface area (Å²) in [6.07, 6.45) is 1.87. The van der Waals surface area contributed by atoms with E-state index in [1.807, 2.05) is 12.3 Å². The van der Waals surface area contributed by atoms with Crippen LogP contribution in [-0.4, -0.2) is 21.2 Å². The molecule has 5 nitrogen and oxygen atoms in total. The summed E-state index contributed by atoms with van der Waals surface area (Å²) in [5.41, 5.74) is 14.2. The maximum absolute atomic E-state index is 5.03. The van der Waals surface area contributed by atoms with Crippen molar-refractivity contribution in [2.24, 2.45) is 0 Å². The number of rotatable bonds is 2. The fourth-order valence-electron chi connectivity index (χ4n) is 7.53. The van der Waals surface area contributed by atoms with Gasteiger partial charge >= 0.3 is 0 Å². The van der Waals surface area contributed by atoms with Gasteiger partial charge < -0.3 is 10.6 Å². The lowest BCUT2D eigenvalue weighted by atomic mass is 9.33. The van der Waals surface area contributed by atoms with E-state index in [0.717, 1.165) is 44.3 Å². The van der Waals surface area contributed by atoms with Crippen molar-refractivity contribution < 1.29 is 0 Å². The summed E-state index contributed by atoms with van der Waals surface area (Å²) in [7, 11) is 0. The second-order valence-corrected chi connectivity index (χ2v) is 14.7. The van der Waals surface area contributed by atoms with Crippen molar-refractivity contribution in [3.8, 4) is 16.4 Å². The zero-order valence-electron chi connectivity index (χ0n) is 26.3. The van der Waals surface area contributed by atoms with Crippen LogP contribution in [-0.2, 0) is 5.41 Å². The Bertz CT molecular complexity index is 2540. The lowest BCUT2D eigenvalue weighted by Crippen LogP contribution is -2.59. The van der Waals surface area contributed by atoms with Gasteiger partial charge in [0.25, 0.3) is 6.71 Å². The van der Waals surface area contributed by atoms with Crippen molar-refractivity contribution in [2.45, 2.75) is 26.2 Å². The Morgan fingerprint density at radius 2 is 1.45 bits per heavy atom. The molecule has 10 rings (SSSR count). The third kappa shape index (κ3) is 3.96. The number of pyridine rings is 1. The maximum Gasteiger partial charge on any atom is 0.252 e. The van der Waals surface area contributed by atoms with Gasteiger partial charge in [0.15, 0.2) is 0 Å². The Hall–Kier alpha value is -5.40. The minimum absolute atomic E-state index is 0.00169. The van der Waals surface area contributed by atoms with E-state index in [9.17, 15) is 0 Å². The number of aromatic nitrogens is 3. The summed E-state index contributed by atoms with van der Waals surface area (Å²) in [6.45, 7) is 6.89. The standard InChI is InChI=1S/C40H30BN5S/c1-40(2,3)24-19-32-38-33(20-24)44-31-21-26-25-10-4-6-12-34(25)46(37-14-8-9-17-42-37)35(26)22-28(31)41(38)27-18-23(15-16-29(27)43-32)39-45-30-11-5-7-13-36(30)47-39/h4-22,43-44H,1-3H3. The second-order valence-electron chi connectivity index (χ2n) is 13.7. The van der Waals surface area contributed by atoms with Gasteiger partial charge in [-0.2, -0.15) is 0 Å². The lowest BCUT2D eigenvalue weighted by Gasteiger charge is -2.36. The second kappa shape index (κ2) is 9.56. The molecule has 0 fully saturated rings. The monoisotopic (exact) mass is 623 g/mol. The molecule has 224 valence electrons. The topological polar surface area (TPSA) is 54.8 Å².